The number of aromatic carboxylic acids is 1. The number of nitro benzene ring substituents is 2. The zero-order valence-corrected chi connectivity index (χ0v) is 13.8. The van der Waals surface area contributed by atoms with Crippen LogP contribution in [0.1, 0.15) is 20.7 Å². The molecule has 0 atom stereocenters. The first-order valence-corrected chi connectivity index (χ1v) is 8.58. The predicted octanol–water partition coefficient (Wildman–Crippen LogP) is 3.81. The van der Waals surface area contributed by atoms with Crippen LogP contribution in [0, 0.1) is 20.2 Å². The fraction of sp³-hybridized carbons (Fsp3) is 0. The van der Waals surface area contributed by atoms with Crippen molar-refractivity contribution in [3.63, 3.8) is 0 Å². The number of hydrogen-bond acceptors (Lipinski definition) is 8. The lowest BCUT2D eigenvalue weighted by molar-refractivity contribution is -0.385. The first-order valence-electron chi connectivity index (χ1n) is 6.43. The maximum atomic E-state index is 11.0. The molecule has 0 saturated heterocycles. The summed E-state index contributed by atoms with van der Waals surface area (Å²) < 4.78 is 0. The molecule has 0 radical (unpaired) electrons. The SMILES string of the molecule is O=Cc1ccc(SSc2ccc(C(=O)O)c([N+](=O)[O-])c2)cc1[N+](=O)[O-]. The Balaban J connectivity index is 2.24. The molecule has 0 spiro atoms. The molecule has 0 aliphatic heterocycles. The van der Waals surface area contributed by atoms with E-state index in [0.717, 1.165) is 33.7 Å². The Morgan fingerprint density at radius 1 is 0.960 bits per heavy atom. The van der Waals surface area contributed by atoms with E-state index in [9.17, 15) is 29.8 Å². The molecule has 0 fully saturated rings. The first kappa shape index (κ1) is 18.4. The Labute approximate surface area is 147 Å². The van der Waals surface area contributed by atoms with Gasteiger partial charge in [0.2, 0.25) is 0 Å². The highest BCUT2D eigenvalue weighted by atomic mass is 33.1. The summed E-state index contributed by atoms with van der Waals surface area (Å²) in [7, 11) is 2.15. The van der Waals surface area contributed by atoms with Gasteiger partial charge in [-0.05, 0) is 24.3 Å². The zero-order chi connectivity index (χ0) is 18.6. The van der Waals surface area contributed by atoms with Crippen molar-refractivity contribution in [3.8, 4) is 0 Å². The van der Waals surface area contributed by atoms with Gasteiger partial charge in [-0.3, -0.25) is 25.0 Å². The minimum absolute atomic E-state index is 0.0548. The molecule has 0 aliphatic rings. The van der Waals surface area contributed by atoms with Crippen molar-refractivity contribution in [2.75, 3.05) is 0 Å². The van der Waals surface area contributed by atoms with E-state index in [0.29, 0.717) is 16.1 Å². The Hall–Kier alpha value is -2.92. The van der Waals surface area contributed by atoms with Crippen LogP contribution in [-0.4, -0.2) is 27.2 Å². The molecule has 0 heterocycles. The largest absolute Gasteiger partial charge is 0.477 e. The van der Waals surface area contributed by atoms with Crippen LogP contribution in [0.15, 0.2) is 46.2 Å². The van der Waals surface area contributed by atoms with Gasteiger partial charge in [-0.2, -0.15) is 0 Å². The molecular weight excluding hydrogens is 372 g/mol. The molecule has 0 saturated carbocycles. The summed E-state index contributed by atoms with van der Waals surface area (Å²) in [6.07, 6.45) is 0.383. The van der Waals surface area contributed by atoms with Crippen molar-refractivity contribution in [2.24, 2.45) is 0 Å². The fourth-order valence-corrected chi connectivity index (χ4v) is 3.78. The van der Waals surface area contributed by atoms with Crippen molar-refractivity contribution in [2.45, 2.75) is 9.79 Å². The maximum absolute atomic E-state index is 11.0. The number of aldehydes is 1. The monoisotopic (exact) mass is 380 g/mol. The molecule has 2 aromatic rings. The number of nitrogens with zero attached hydrogens (tertiary/aromatic N) is 2. The molecule has 0 aromatic heterocycles. The third-order valence-corrected chi connectivity index (χ3v) is 5.34. The van der Waals surface area contributed by atoms with Crippen molar-refractivity contribution in [3.05, 3.63) is 67.8 Å². The summed E-state index contributed by atoms with van der Waals surface area (Å²) in [5.74, 6) is -1.41. The number of rotatable bonds is 7. The highest BCUT2D eigenvalue weighted by molar-refractivity contribution is 8.76. The van der Waals surface area contributed by atoms with E-state index in [4.69, 9.17) is 5.11 Å². The smallest absolute Gasteiger partial charge is 0.342 e. The van der Waals surface area contributed by atoms with E-state index in [1.54, 1.807) is 0 Å². The van der Waals surface area contributed by atoms with Gasteiger partial charge in [0.1, 0.15) is 5.56 Å². The molecule has 128 valence electrons. The van der Waals surface area contributed by atoms with Gasteiger partial charge in [0.15, 0.2) is 6.29 Å². The molecule has 0 amide bonds. The van der Waals surface area contributed by atoms with Crippen LogP contribution in [0.4, 0.5) is 11.4 Å². The maximum Gasteiger partial charge on any atom is 0.342 e. The summed E-state index contributed by atoms with van der Waals surface area (Å²) in [6, 6.07) is 7.69. The summed E-state index contributed by atoms with van der Waals surface area (Å²) in [5, 5.41) is 30.8. The summed E-state index contributed by atoms with van der Waals surface area (Å²) in [5.41, 5.74) is -1.36. The minimum atomic E-state index is -1.41. The van der Waals surface area contributed by atoms with Crippen LogP contribution in [0.3, 0.4) is 0 Å². The second kappa shape index (κ2) is 7.77. The average Bonchev–Trinajstić information content (AvgIpc) is 2.59. The lowest BCUT2D eigenvalue weighted by Gasteiger charge is -2.04. The number of carboxylic acids is 1. The van der Waals surface area contributed by atoms with Gasteiger partial charge in [0.25, 0.3) is 11.4 Å². The van der Waals surface area contributed by atoms with Gasteiger partial charge in [0.05, 0.1) is 15.4 Å². The predicted molar refractivity (Wildman–Crippen MR) is 90.3 cm³/mol. The zero-order valence-electron chi connectivity index (χ0n) is 12.1. The van der Waals surface area contributed by atoms with E-state index in [-0.39, 0.29) is 11.3 Å². The standard InChI is InChI=1S/C14H8N2O7S2/c17-7-8-1-2-9(5-12(8)15(20)21)24-25-10-3-4-11(14(18)19)13(6-10)16(22)23/h1-7H,(H,18,19). The van der Waals surface area contributed by atoms with Gasteiger partial charge in [0, 0.05) is 21.9 Å². The van der Waals surface area contributed by atoms with Crippen LogP contribution in [0.25, 0.3) is 0 Å². The van der Waals surface area contributed by atoms with Gasteiger partial charge in [-0.1, -0.05) is 21.6 Å². The molecule has 0 bridgehead atoms. The van der Waals surface area contributed by atoms with E-state index in [1.807, 2.05) is 0 Å². The average molecular weight is 380 g/mol. The molecular formula is C14H8N2O7S2. The Morgan fingerprint density at radius 2 is 1.48 bits per heavy atom. The molecule has 2 rings (SSSR count). The van der Waals surface area contributed by atoms with Gasteiger partial charge in [-0.15, -0.1) is 0 Å². The van der Waals surface area contributed by atoms with E-state index in [2.05, 4.69) is 0 Å². The van der Waals surface area contributed by atoms with Crippen molar-refractivity contribution < 1.29 is 24.5 Å². The normalized spacial score (nSPS) is 10.2. The highest BCUT2D eigenvalue weighted by Gasteiger charge is 2.20. The van der Waals surface area contributed by atoms with Gasteiger partial charge >= 0.3 is 5.97 Å². The quantitative estimate of drug-likeness (QED) is 0.328. The second-order valence-corrected chi connectivity index (χ2v) is 6.78. The number of nitro groups is 2. The van der Waals surface area contributed by atoms with Gasteiger partial charge < -0.3 is 5.11 Å². The Morgan fingerprint density at radius 3 is 1.96 bits per heavy atom. The Kier molecular flexibility index (Phi) is 5.72. The van der Waals surface area contributed by atoms with Crippen LogP contribution >= 0.6 is 21.6 Å². The fourth-order valence-electron chi connectivity index (χ4n) is 1.82. The summed E-state index contributed by atoms with van der Waals surface area (Å²) >= 11 is 0. The first-order chi connectivity index (χ1) is 11.8. The number of carbonyl (C=O) groups excluding carboxylic acids is 1. The van der Waals surface area contributed by atoms with E-state index in [1.165, 1.54) is 24.3 Å². The van der Waals surface area contributed by atoms with Crippen molar-refractivity contribution in [1.82, 2.24) is 0 Å². The summed E-state index contributed by atoms with van der Waals surface area (Å²) in [6.45, 7) is 0. The number of carbonyl (C=O) groups is 2. The van der Waals surface area contributed by atoms with Crippen molar-refractivity contribution >= 4 is 45.2 Å². The molecule has 0 unspecified atom stereocenters. The highest BCUT2D eigenvalue weighted by Crippen LogP contribution is 2.40. The summed E-state index contributed by atoms with van der Waals surface area (Å²) in [4.78, 5) is 43.0. The topological polar surface area (TPSA) is 141 Å². The Bertz CT molecular complexity index is 885. The lowest BCUT2D eigenvalue weighted by Crippen LogP contribution is -2.02. The molecule has 0 aliphatic carbocycles. The van der Waals surface area contributed by atoms with E-state index >= 15 is 0 Å². The van der Waals surface area contributed by atoms with Crippen LogP contribution in [0.5, 0.6) is 0 Å². The van der Waals surface area contributed by atoms with Crippen molar-refractivity contribution in [1.29, 1.82) is 0 Å². The van der Waals surface area contributed by atoms with Crippen LogP contribution < -0.4 is 0 Å². The third-order valence-electron chi connectivity index (χ3n) is 2.96. The number of benzene rings is 2. The third kappa shape index (κ3) is 4.33. The second-order valence-electron chi connectivity index (χ2n) is 4.50. The lowest BCUT2D eigenvalue weighted by atomic mass is 10.2. The van der Waals surface area contributed by atoms with Gasteiger partial charge in [-0.25, -0.2) is 4.79 Å². The number of carboxylic acid groups (broad SMARTS) is 1. The van der Waals surface area contributed by atoms with Crippen LogP contribution in [-0.2, 0) is 0 Å². The van der Waals surface area contributed by atoms with E-state index < -0.39 is 27.1 Å². The molecule has 2 aromatic carbocycles. The molecule has 25 heavy (non-hydrogen) atoms. The molecule has 9 nitrogen and oxygen atoms in total. The van der Waals surface area contributed by atoms with Crippen LogP contribution in [0.2, 0.25) is 0 Å². The molecule has 11 heteroatoms. The number of hydrogen-bond donors (Lipinski definition) is 1. The minimum Gasteiger partial charge on any atom is -0.477 e. The molecule has 1 N–H and O–H groups in total.